The van der Waals surface area contributed by atoms with Crippen LogP contribution in [0.25, 0.3) is 0 Å². The molecule has 1 unspecified atom stereocenters. The minimum absolute atomic E-state index is 0.0243. The average Bonchev–Trinajstić information content (AvgIpc) is 2.84. The molecule has 2 heteroatoms. The highest BCUT2D eigenvalue weighted by molar-refractivity contribution is 4.66. The lowest BCUT2D eigenvalue weighted by molar-refractivity contribution is -0.176. The van der Waals surface area contributed by atoms with Gasteiger partial charge in [0, 0.05) is 19.1 Å². The molecule has 0 aliphatic heterocycles. The zero-order valence-corrected chi connectivity index (χ0v) is 26.1. The Balaban J connectivity index is 4.30. The lowest BCUT2D eigenvalue weighted by Gasteiger charge is -2.28. The Labute approximate surface area is 229 Å². The highest BCUT2D eigenvalue weighted by Crippen LogP contribution is 2.26. The van der Waals surface area contributed by atoms with Crippen LogP contribution < -0.4 is 0 Å². The first-order chi connectivity index (χ1) is 17.4. The van der Waals surface area contributed by atoms with Gasteiger partial charge in [-0.1, -0.05) is 157 Å². The van der Waals surface area contributed by atoms with E-state index in [4.69, 9.17) is 9.47 Å². The predicted octanol–water partition coefficient (Wildman–Crippen LogP) is 12.0. The lowest BCUT2D eigenvalue weighted by Crippen LogP contribution is -2.28. The van der Waals surface area contributed by atoms with E-state index >= 15 is 0 Å². The number of hydrogen-bond acceptors (Lipinski definition) is 2. The van der Waals surface area contributed by atoms with Crippen LogP contribution in [0.5, 0.6) is 0 Å². The molecule has 0 saturated carbocycles. The maximum Gasteiger partial charge on any atom is 0.160 e. The summed E-state index contributed by atoms with van der Waals surface area (Å²) in [4.78, 5) is 0. The van der Waals surface area contributed by atoms with Crippen molar-refractivity contribution in [1.82, 2.24) is 0 Å². The Morgan fingerprint density at radius 3 is 1.19 bits per heavy atom. The molecule has 218 valence electrons. The van der Waals surface area contributed by atoms with Crippen LogP contribution in [-0.2, 0) is 9.47 Å². The molecule has 0 aromatic carbocycles. The van der Waals surface area contributed by atoms with Crippen LogP contribution in [0, 0.1) is 11.3 Å². The van der Waals surface area contributed by atoms with Crippen molar-refractivity contribution in [3.8, 4) is 0 Å². The lowest BCUT2D eigenvalue weighted by atomic mass is 9.89. The van der Waals surface area contributed by atoms with Crippen molar-refractivity contribution in [3.63, 3.8) is 0 Å². The summed E-state index contributed by atoms with van der Waals surface area (Å²) in [5.74, 6) is 0.581. The molecule has 0 bridgehead atoms. The summed E-state index contributed by atoms with van der Waals surface area (Å²) in [5, 5.41) is 0. The first kappa shape index (κ1) is 35.9. The number of hydrogen-bond donors (Lipinski definition) is 0. The maximum absolute atomic E-state index is 6.34. The van der Waals surface area contributed by atoms with E-state index in [2.05, 4.69) is 41.5 Å². The zero-order valence-electron chi connectivity index (χ0n) is 26.1. The molecular formula is C34H70O2. The van der Waals surface area contributed by atoms with E-state index in [-0.39, 0.29) is 6.29 Å². The Morgan fingerprint density at radius 2 is 0.806 bits per heavy atom. The van der Waals surface area contributed by atoms with Crippen molar-refractivity contribution in [2.45, 2.75) is 196 Å². The van der Waals surface area contributed by atoms with Crippen molar-refractivity contribution in [2.75, 3.05) is 13.2 Å². The molecule has 0 rings (SSSR count). The third-order valence-electron chi connectivity index (χ3n) is 7.63. The van der Waals surface area contributed by atoms with Gasteiger partial charge in [-0.3, -0.25) is 0 Å². The van der Waals surface area contributed by atoms with Crippen LogP contribution in [0.3, 0.4) is 0 Å². The van der Waals surface area contributed by atoms with Gasteiger partial charge in [0.15, 0.2) is 6.29 Å². The smallest absolute Gasteiger partial charge is 0.160 e. The first-order valence-corrected chi connectivity index (χ1v) is 16.7. The number of unbranched alkanes of at least 4 members (excludes halogenated alkanes) is 16. The van der Waals surface area contributed by atoms with Gasteiger partial charge in [0.05, 0.1) is 0 Å². The number of rotatable bonds is 28. The van der Waals surface area contributed by atoms with Gasteiger partial charge < -0.3 is 9.47 Å². The second-order valence-electron chi connectivity index (χ2n) is 12.8. The average molecular weight is 511 g/mol. The van der Waals surface area contributed by atoms with Crippen LogP contribution in [0.4, 0.5) is 0 Å². The molecule has 0 N–H and O–H groups in total. The summed E-state index contributed by atoms with van der Waals surface area (Å²) < 4.78 is 12.7. The van der Waals surface area contributed by atoms with Crippen LogP contribution >= 0.6 is 0 Å². The van der Waals surface area contributed by atoms with Gasteiger partial charge in [-0.05, 0) is 37.5 Å². The predicted molar refractivity (Wildman–Crippen MR) is 162 cm³/mol. The Hall–Kier alpha value is -0.0800. The fourth-order valence-corrected chi connectivity index (χ4v) is 5.09. The minimum atomic E-state index is 0.0243. The van der Waals surface area contributed by atoms with Gasteiger partial charge in [0.25, 0.3) is 0 Å². The first-order valence-electron chi connectivity index (χ1n) is 16.7. The normalized spacial score (nSPS) is 13.1. The topological polar surface area (TPSA) is 18.5 Å². The van der Waals surface area contributed by atoms with E-state index in [1.807, 2.05) is 0 Å². The second kappa shape index (κ2) is 26.5. The molecule has 0 aromatic rings. The summed E-state index contributed by atoms with van der Waals surface area (Å²) in [6, 6.07) is 0. The highest BCUT2D eigenvalue weighted by Gasteiger charge is 2.22. The van der Waals surface area contributed by atoms with Gasteiger partial charge in [0.1, 0.15) is 0 Å². The minimum Gasteiger partial charge on any atom is -0.352 e. The molecule has 0 spiro atoms. The van der Waals surface area contributed by atoms with Crippen LogP contribution in [0.1, 0.15) is 189 Å². The Bertz CT molecular complexity index is 404. The van der Waals surface area contributed by atoms with E-state index < -0.39 is 0 Å². The van der Waals surface area contributed by atoms with E-state index in [0.29, 0.717) is 11.3 Å². The van der Waals surface area contributed by atoms with E-state index in [1.54, 1.807) is 0 Å². The summed E-state index contributed by atoms with van der Waals surface area (Å²) >= 11 is 0. The van der Waals surface area contributed by atoms with Crippen molar-refractivity contribution in [1.29, 1.82) is 0 Å². The molecular weight excluding hydrogens is 440 g/mol. The van der Waals surface area contributed by atoms with Gasteiger partial charge in [0.2, 0.25) is 0 Å². The Kier molecular flexibility index (Phi) is 26.5. The van der Waals surface area contributed by atoms with Crippen LogP contribution in [0.15, 0.2) is 0 Å². The third-order valence-corrected chi connectivity index (χ3v) is 7.63. The molecule has 0 aromatic heterocycles. The van der Waals surface area contributed by atoms with Crippen molar-refractivity contribution < 1.29 is 9.47 Å². The quantitative estimate of drug-likeness (QED) is 0.0769. The van der Waals surface area contributed by atoms with Gasteiger partial charge in [-0.15, -0.1) is 0 Å². The summed E-state index contributed by atoms with van der Waals surface area (Å²) in [6.45, 7) is 15.6. The summed E-state index contributed by atoms with van der Waals surface area (Å²) in [5.41, 5.74) is 0.508. The fraction of sp³-hybridized carbons (Fsp3) is 1.00. The summed E-state index contributed by atoms with van der Waals surface area (Å²) in [6.07, 6.45) is 31.0. The molecule has 0 aliphatic carbocycles. The van der Waals surface area contributed by atoms with E-state index in [9.17, 15) is 0 Å². The van der Waals surface area contributed by atoms with Gasteiger partial charge in [-0.25, -0.2) is 0 Å². The SMILES string of the molecule is CCCCCCCCCC(CCCCCCCCCCCC(C)(C)C)C(OCCCC)OCCCC. The van der Waals surface area contributed by atoms with Crippen LogP contribution in [0.2, 0.25) is 0 Å². The molecule has 1 atom stereocenters. The van der Waals surface area contributed by atoms with Crippen molar-refractivity contribution in [2.24, 2.45) is 11.3 Å². The molecule has 0 fully saturated rings. The molecule has 0 saturated heterocycles. The molecule has 0 aliphatic rings. The van der Waals surface area contributed by atoms with Crippen molar-refractivity contribution in [3.05, 3.63) is 0 Å². The maximum atomic E-state index is 6.34. The monoisotopic (exact) mass is 511 g/mol. The molecule has 0 amide bonds. The molecule has 2 nitrogen and oxygen atoms in total. The van der Waals surface area contributed by atoms with Crippen LogP contribution in [-0.4, -0.2) is 19.5 Å². The molecule has 0 heterocycles. The molecule has 36 heavy (non-hydrogen) atoms. The van der Waals surface area contributed by atoms with E-state index in [1.165, 1.54) is 135 Å². The zero-order chi connectivity index (χ0) is 26.7. The molecule has 0 radical (unpaired) electrons. The standard InChI is InChI=1S/C34H70O2/c1-7-10-13-14-18-21-24-27-32(33(35-30-11-8-2)36-31-12-9-3)28-25-22-19-16-15-17-20-23-26-29-34(4,5)6/h32-33H,7-31H2,1-6H3. The fourth-order valence-electron chi connectivity index (χ4n) is 5.09. The Morgan fingerprint density at radius 1 is 0.444 bits per heavy atom. The third kappa shape index (κ3) is 25.6. The second-order valence-corrected chi connectivity index (χ2v) is 12.8. The number of ether oxygens (including phenoxy) is 2. The summed E-state index contributed by atoms with van der Waals surface area (Å²) in [7, 11) is 0. The van der Waals surface area contributed by atoms with E-state index in [0.717, 1.165) is 26.1 Å². The highest BCUT2D eigenvalue weighted by atomic mass is 16.7. The largest absolute Gasteiger partial charge is 0.352 e. The van der Waals surface area contributed by atoms with Crippen molar-refractivity contribution >= 4 is 0 Å². The van der Waals surface area contributed by atoms with Gasteiger partial charge >= 0.3 is 0 Å². The van der Waals surface area contributed by atoms with Gasteiger partial charge in [-0.2, -0.15) is 0 Å².